The molecule has 0 amide bonds. The van der Waals surface area contributed by atoms with Gasteiger partial charge in [0.1, 0.15) is 0 Å². The smallest absolute Gasteiger partial charge is 0.147 e. The van der Waals surface area contributed by atoms with Gasteiger partial charge in [-0.2, -0.15) is 0 Å². The minimum absolute atomic E-state index is 0. The van der Waals surface area contributed by atoms with Crippen LogP contribution < -0.4 is 3.32 Å². The molecule has 1 nitrogen and oxygen atoms in total. The Bertz CT molecular complexity index is 623. The van der Waals surface area contributed by atoms with E-state index in [2.05, 4.69) is 91.1 Å². The van der Waals surface area contributed by atoms with Crippen molar-refractivity contribution in [1.82, 2.24) is 0 Å². The number of allylic oxidation sites excluding steroid dienone is 4. The van der Waals surface area contributed by atoms with Crippen LogP contribution in [0.3, 0.4) is 0 Å². The maximum Gasteiger partial charge on any atom is -0.147 e. The summed E-state index contributed by atoms with van der Waals surface area (Å²) in [5, 5.41) is 0. The first kappa shape index (κ1) is 26.0. The van der Waals surface area contributed by atoms with Gasteiger partial charge in [0.25, 0.3) is 0 Å². The van der Waals surface area contributed by atoms with Crippen molar-refractivity contribution in [2.45, 2.75) is 71.9 Å². The molecule has 5 heteroatoms. The largest absolute Gasteiger partial charge is 0.147 e. The monoisotopic (exact) mass is 449 g/mol. The summed E-state index contributed by atoms with van der Waals surface area (Å²) in [6.45, 7) is 17.8. The summed E-state index contributed by atoms with van der Waals surface area (Å²) >= 11 is -1.61. The third-order valence-corrected chi connectivity index (χ3v) is 14.7. The Morgan fingerprint density at radius 3 is 1.73 bits per heavy atom. The molecule has 1 aromatic carbocycles. The van der Waals surface area contributed by atoms with E-state index < -0.39 is 24.2 Å². The van der Waals surface area contributed by atoms with Gasteiger partial charge in [0.15, 0.2) is 0 Å². The minimum atomic E-state index is -1.61. The molecular formula is C21H35Cl2OSiTi. The van der Waals surface area contributed by atoms with E-state index in [1.807, 2.05) is 0 Å². The van der Waals surface area contributed by atoms with Gasteiger partial charge in [0.05, 0.1) is 0 Å². The van der Waals surface area contributed by atoms with Crippen LogP contribution in [0.5, 0.6) is 5.75 Å². The zero-order valence-corrected chi connectivity index (χ0v) is 21.8. The zero-order chi connectivity index (χ0) is 18.1. The predicted octanol–water partition coefficient (Wildman–Crippen LogP) is 6.86. The molecule has 0 saturated heterocycles. The Morgan fingerprint density at radius 2 is 1.38 bits per heavy atom. The van der Waals surface area contributed by atoms with E-state index in [1.165, 1.54) is 11.1 Å². The summed E-state index contributed by atoms with van der Waals surface area (Å²) in [5.74, 6) is 1.11. The molecule has 147 valence electrons. The average Bonchev–Trinajstić information content (AvgIpc) is 2.96. The number of benzene rings is 1. The van der Waals surface area contributed by atoms with E-state index in [9.17, 15) is 0 Å². The molecule has 0 bridgehead atoms. The van der Waals surface area contributed by atoms with Gasteiger partial charge in [-0.3, -0.25) is 0 Å². The van der Waals surface area contributed by atoms with Crippen molar-refractivity contribution in [2.24, 2.45) is 0 Å². The van der Waals surface area contributed by atoms with Gasteiger partial charge in [-0.15, -0.1) is 24.8 Å². The van der Waals surface area contributed by atoms with Crippen LogP contribution in [0.1, 0.15) is 59.1 Å². The maximum atomic E-state index is 6.75. The molecule has 0 fully saturated rings. The van der Waals surface area contributed by atoms with Crippen LogP contribution in [0.15, 0.2) is 40.3 Å². The SMILES string of the molecule is C[SiH](C)[Ti]([O]c1cc(C(C)(C)C)cc(C(C)(C)C)c1)[C]1=CC=CC1.Cl.Cl. The van der Waals surface area contributed by atoms with Crippen molar-refractivity contribution in [2.75, 3.05) is 0 Å². The van der Waals surface area contributed by atoms with Crippen LogP contribution in [-0.4, -0.2) is 6.66 Å². The molecule has 0 heterocycles. The molecule has 0 saturated carbocycles. The predicted molar refractivity (Wildman–Crippen MR) is 120 cm³/mol. The van der Waals surface area contributed by atoms with Gasteiger partial charge in [-0.25, -0.2) is 0 Å². The van der Waals surface area contributed by atoms with E-state index in [4.69, 9.17) is 3.32 Å². The fraction of sp³-hybridized carbons (Fsp3) is 0.524. The fourth-order valence-corrected chi connectivity index (χ4v) is 11.5. The normalized spacial score (nSPS) is 13.8. The number of hydrogen-bond acceptors (Lipinski definition) is 1. The average molecular weight is 450 g/mol. The van der Waals surface area contributed by atoms with Crippen molar-refractivity contribution in [1.29, 1.82) is 0 Å². The van der Waals surface area contributed by atoms with Crippen LogP contribution in [-0.2, 0) is 28.3 Å². The Kier molecular flexibility index (Phi) is 9.98. The van der Waals surface area contributed by atoms with Crippen LogP contribution in [0.4, 0.5) is 0 Å². The molecule has 1 aliphatic rings. The second-order valence-electron chi connectivity index (χ2n) is 9.19. The summed E-state index contributed by atoms with van der Waals surface area (Å²) in [5.41, 5.74) is 3.05. The third-order valence-electron chi connectivity index (χ3n) is 4.48. The second-order valence-corrected chi connectivity index (χ2v) is 21.5. The Hall–Kier alpha value is 0.0112. The molecule has 0 N–H and O–H groups in total. The number of rotatable bonds is 4. The first-order chi connectivity index (χ1) is 11.0. The maximum absolute atomic E-state index is 6.75. The zero-order valence-electron chi connectivity index (χ0n) is 17.5. The first-order valence-electron chi connectivity index (χ1n) is 9.05. The van der Waals surface area contributed by atoms with E-state index in [1.54, 1.807) is 3.88 Å². The molecule has 0 radical (unpaired) electrons. The summed E-state index contributed by atoms with van der Waals surface area (Å²) in [7, 11) is 0. The van der Waals surface area contributed by atoms with Crippen molar-refractivity contribution >= 4 is 31.5 Å². The van der Waals surface area contributed by atoms with Gasteiger partial charge in [-0.05, 0) is 0 Å². The molecule has 0 aromatic heterocycles. The first-order valence-corrected chi connectivity index (χ1v) is 16.1. The van der Waals surface area contributed by atoms with Crippen LogP contribution in [0.25, 0.3) is 0 Å². The van der Waals surface area contributed by atoms with E-state index in [-0.39, 0.29) is 35.6 Å². The fourth-order valence-electron chi connectivity index (χ4n) is 2.84. The van der Waals surface area contributed by atoms with Gasteiger partial charge >= 0.3 is 157 Å². The van der Waals surface area contributed by atoms with Crippen LogP contribution in [0.2, 0.25) is 13.1 Å². The van der Waals surface area contributed by atoms with E-state index in [0.717, 1.165) is 12.2 Å². The van der Waals surface area contributed by atoms with Crippen LogP contribution >= 0.6 is 24.8 Å². The van der Waals surface area contributed by atoms with Gasteiger partial charge < -0.3 is 0 Å². The van der Waals surface area contributed by atoms with Gasteiger partial charge in [0.2, 0.25) is 0 Å². The molecular weight excluding hydrogens is 415 g/mol. The van der Waals surface area contributed by atoms with Crippen molar-refractivity contribution < 1.29 is 20.8 Å². The Labute approximate surface area is 180 Å². The van der Waals surface area contributed by atoms with Crippen LogP contribution in [0, 0.1) is 0 Å². The van der Waals surface area contributed by atoms with Crippen molar-refractivity contribution in [3.05, 3.63) is 51.4 Å². The molecule has 0 atom stereocenters. The molecule has 1 aromatic rings. The summed E-state index contributed by atoms with van der Waals surface area (Å²) in [6.07, 6.45) is 7.91. The summed E-state index contributed by atoms with van der Waals surface area (Å²) in [6, 6.07) is 6.96. The molecule has 1 aliphatic carbocycles. The molecule has 26 heavy (non-hydrogen) atoms. The van der Waals surface area contributed by atoms with Gasteiger partial charge in [-0.1, -0.05) is 0 Å². The molecule has 0 unspecified atom stereocenters. The van der Waals surface area contributed by atoms with Gasteiger partial charge in [0, 0.05) is 0 Å². The Morgan fingerprint density at radius 1 is 0.885 bits per heavy atom. The minimum Gasteiger partial charge on any atom is -0.147 e. The van der Waals surface area contributed by atoms with Crippen molar-refractivity contribution in [3.8, 4) is 5.75 Å². The molecule has 2 rings (SSSR count). The molecule has 0 aliphatic heterocycles. The summed E-state index contributed by atoms with van der Waals surface area (Å²) in [4.78, 5) is 0. The number of halogens is 2. The quantitative estimate of drug-likeness (QED) is 0.455. The standard InChI is InChI=1S/C14H22O.C5H5.C2H7Si.2ClH.Ti/c1-13(2,3)10-7-11(14(4,5)6)9-12(15)8-10;1-2-4-5-3-1;1-3-2;;;/h7-9,15H,1-6H3;1-3H,4H2;3H,1-2H3;2*1H;/q;;;;;+1/p-1. The third kappa shape index (κ3) is 6.87. The van der Waals surface area contributed by atoms with Crippen molar-refractivity contribution in [3.63, 3.8) is 0 Å². The Balaban J connectivity index is 0.00000312. The topological polar surface area (TPSA) is 9.23 Å². The number of hydrogen-bond donors (Lipinski definition) is 0. The van der Waals surface area contributed by atoms with E-state index in [0.29, 0.717) is 0 Å². The molecule has 0 spiro atoms. The van der Waals surface area contributed by atoms with E-state index >= 15 is 0 Å². The second kappa shape index (κ2) is 9.98. The summed E-state index contributed by atoms with van der Waals surface area (Å²) < 4.78 is 8.36.